The number of nitrogens with zero attached hydrogens (tertiary/aromatic N) is 2. The van der Waals surface area contributed by atoms with Crippen LogP contribution >= 0.6 is 0 Å². The summed E-state index contributed by atoms with van der Waals surface area (Å²) < 4.78 is 0. The molecule has 5 heteroatoms. The van der Waals surface area contributed by atoms with E-state index in [0.29, 0.717) is 17.6 Å². The van der Waals surface area contributed by atoms with Crippen molar-refractivity contribution in [3.05, 3.63) is 34.9 Å². The van der Waals surface area contributed by atoms with Crippen LogP contribution in [-0.4, -0.2) is 55.1 Å². The van der Waals surface area contributed by atoms with Crippen molar-refractivity contribution in [3.63, 3.8) is 0 Å². The van der Waals surface area contributed by atoms with E-state index in [1.54, 1.807) is 11.1 Å². The lowest BCUT2D eigenvalue weighted by atomic mass is 9.65. The lowest BCUT2D eigenvalue weighted by Gasteiger charge is -2.40. The first-order valence-corrected chi connectivity index (χ1v) is 12.4. The molecule has 0 aromatic rings. The minimum Gasteiger partial charge on any atom is -0.314 e. The van der Waals surface area contributed by atoms with Gasteiger partial charge in [-0.3, -0.25) is 20.4 Å². The van der Waals surface area contributed by atoms with Crippen LogP contribution in [-0.2, 0) is 0 Å². The number of likely N-dealkylation sites (N-methyl/N-ethyl adjacent to an activating group) is 1. The van der Waals surface area contributed by atoms with Gasteiger partial charge in [0.1, 0.15) is 0 Å². The predicted molar refractivity (Wildman–Crippen MR) is 132 cm³/mol. The van der Waals surface area contributed by atoms with Crippen LogP contribution in [0.3, 0.4) is 0 Å². The second-order valence-corrected chi connectivity index (χ2v) is 10.6. The number of nitrogens with two attached hydrogens (primary N) is 1. The van der Waals surface area contributed by atoms with Gasteiger partial charge in [-0.2, -0.15) is 0 Å². The Hall–Kier alpha value is -0.980. The first-order valence-electron chi connectivity index (χ1n) is 12.4. The van der Waals surface area contributed by atoms with Crippen molar-refractivity contribution in [2.75, 3.05) is 26.9 Å². The number of hydrogen-bond acceptors (Lipinski definition) is 5. The molecule has 0 spiro atoms. The molecule has 5 nitrogen and oxygen atoms in total. The van der Waals surface area contributed by atoms with Crippen LogP contribution in [0.5, 0.6) is 0 Å². The van der Waals surface area contributed by atoms with E-state index >= 15 is 0 Å². The van der Waals surface area contributed by atoms with Crippen LogP contribution < -0.4 is 16.4 Å². The zero-order valence-corrected chi connectivity index (χ0v) is 20.9. The maximum Gasteiger partial charge on any atom is 0.0804 e. The van der Waals surface area contributed by atoms with E-state index in [-0.39, 0.29) is 6.17 Å². The Kier molecular flexibility index (Phi) is 8.56. The zero-order chi connectivity index (χ0) is 22.6. The molecule has 3 aliphatic rings. The molecular weight excluding hydrogens is 382 g/mol. The van der Waals surface area contributed by atoms with Crippen LogP contribution in [0.2, 0.25) is 0 Å². The van der Waals surface area contributed by atoms with Gasteiger partial charge in [0, 0.05) is 13.2 Å². The van der Waals surface area contributed by atoms with Gasteiger partial charge in [0.2, 0.25) is 0 Å². The Bertz CT molecular complexity index is 696. The van der Waals surface area contributed by atoms with Gasteiger partial charge in [-0.15, -0.1) is 0 Å². The Labute approximate surface area is 191 Å². The number of hydrogen-bond donors (Lipinski definition) is 3. The Balaban J connectivity index is 1.44. The molecule has 31 heavy (non-hydrogen) atoms. The summed E-state index contributed by atoms with van der Waals surface area (Å²) in [7, 11) is 2.18. The molecule has 0 amide bonds. The summed E-state index contributed by atoms with van der Waals surface area (Å²) in [5.41, 5.74) is 11.4. The van der Waals surface area contributed by atoms with Crippen LogP contribution in [0.4, 0.5) is 0 Å². The summed E-state index contributed by atoms with van der Waals surface area (Å²) in [6, 6.07) is 0.325. The molecular formula is C26H47N5. The fourth-order valence-corrected chi connectivity index (χ4v) is 5.62. The summed E-state index contributed by atoms with van der Waals surface area (Å²) in [5, 5.41) is 6.88. The highest BCUT2D eigenvalue weighted by Gasteiger charge is 2.43. The van der Waals surface area contributed by atoms with E-state index in [9.17, 15) is 0 Å². The summed E-state index contributed by atoms with van der Waals surface area (Å²) in [6.45, 7) is 14.6. The van der Waals surface area contributed by atoms with Crippen molar-refractivity contribution in [2.45, 2.75) is 91.5 Å². The van der Waals surface area contributed by atoms with Crippen molar-refractivity contribution in [2.24, 2.45) is 17.1 Å². The van der Waals surface area contributed by atoms with E-state index in [1.807, 2.05) is 0 Å². The minimum atomic E-state index is 0.0303. The monoisotopic (exact) mass is 429 g/mol. The Morgan fingerprint density at radius 3 is 2.71 bits per heavy atom. The van der Waals surface area contributed by atoms with E-state index in [2.05, 4.69) is 80.3 Å². The fraction of sp³-hybridized carbons (Fsp3) is 0.769. The van der Waals surface area contributed by atoms with Gasteiger partial charge < -0.3 is 5.73 Å². The predicted octanol–water partition coefficient (Wildman–Crippen LogP) is 4.16. The number of allylic oxidation sites excluding steroid dienone is 5. The molecule has 5 atom stereocenters. The first kappa shape index (κ1) is 24.7. The molecule has 0 radical (unpaired) electrons. The molecule has 0 bridgehead atoms. The summed E-state index contributed by atoms with van der Waals surface area (Å²) in [4.78, 5) is 4.85. The number of rotatable bonds is 8. The standard InChI is InChI=1S/C26H47N5/c1-19(13-15-26(5)21(3)11-8-12-22(26)4)9-7-10-20(2)14-16-31-18-30(6)25-23(31)24(27)28-17-29-25/h9,11,14,22-25,28-29H,7-8,10,12-13,15-18,27H2,1-6H3/t22-,23?,24?,25?,26-/m0/s1. The van der Waals surface area contributed by atoms with Gasteiger partial charge in [0.25, 0.3) is 0 Å². The molecule has 2 aliphatic heterocycles. The Morgan fingerprint density at radius 2 is 1.97 bits per heavy atom. The molecule has 3 unspecified atom stereocenters. The summed E-state index contributed by atoms with van der Waals surface area (Å²) in [6.07, 6.45) is 15.1. The maximum atomic E-state index is 6.35. The highest BCUT2D eigenvalue weighted by molar-refractivity contribution is 5.17. The average molecular weight is 430 g/mol. The van der Waals surface area contributed by atoms with Gasteiger partial charge >= 0.3 is 0 Å². The van der Waals surface area contributed by atoms with Gasteiger partial charge in [-0.1, -0.05) is 48.8 Å². The van der Waals surface area contributed by atoms with Crippen molar-refractivity contribution in [3.8, 4) is 0 Å². The maximum absolute atomic E-state index is 6.35. The van der Waals surface area contributed by atoms with Crippen molar-refractivity contribution in [1.29, 1.82) is 0 Å². The van der Waals surface area contributed by atoms with E-state index in [1.165, 1.54) is 31.3 Å². The van der Waals surface area contributed by atoms with E-state index in [0.717, 1.165) is 38.6 Å². The van der Waals surface area contributed by atoms with Crippen LogP contribution in [0, 0.1) is 11.3 Å². The summed E-state index contributed by atoms with van der Waals surface area (Å²) >= 11 is 0. The van der Waals surface area contributed by atoms with Gasteiger partial charge in [-0.05, 0) is 77.7 Å². The molecule has 2 saturated heterocycles. The van der Waals surface area contributed by atoms with Crippen molar-refractivity contribution >= 4 is 0 Å². The zero-order valence-electron chi connectivity index (χ0n) is 20.9. The molecule has 0 aromatic carbocycles. The smallest absolute Gasteiger partial charge is 0.0804 e. The molecule has 3 rings (SSSR count). The van der Waals surface area contributed by atoms with E-state index < -0.39 is 0 Å². The lowest BCUT2D eigenvalue weighted by molar-refractivity contribution is 0.158. The third-order valence-corrected chi connectivity index (χ3v) is 8.42. The average Bonchev–Trinajstić information content (AvgIpc) is 3.06. The SMILES string of the molecule is CC(=CCN1CN(C)C2NCNC(N)C21)CCC=C(C)CC[C@@]1(C)C(C)=CCC[C@@H]1C. The quantitative estimate of drug-likeness (QED) is 0.506. The molecule has 4 N–H and O–H groups in total. The molecule has 2 fully saturated rings. The molecule has 0 saturated carbocycles. The van der Waals surface area contributed by atoms with Gasteiger partial charge in [0.05, 0.1) is 25.0 Å². The second kappa shape index (κ2) is 10.8. The van der Waals surface area contributed by atoms with Gasteiger partial charge in [0.15, 0.2) is 0 Å². The normalized spacial score (nSPS) is 35.9. The van der Waals surface area contributed by atoms with Gasteiger partial charge in [-0.25, -0.2) is 0 Å². The molecule has 0 aromatic heterocycles. The molecule has 2 heterocycles. The minimum absolute atomic E-state index is 0.0303. The van der Waals surface area contributed by atoms with Crippen molar-refractivity contribution in [1.82, 2.24) is 20.4 Å². The van der Waals surface area contributed by atoms with Crippen LogP contribution in [0.25, 0.3) is 0 Å². The first-order chi connectivity index (χ1) is 14.7. The van der Waals surface area contributed by atoms with Crippen LogP contribution in [0.15, 0.2) is 34.9 Å². The number of fused-ring (bicyclic) bond motifs is 1. The van der Waals surface area contributed by atoms with E-state index in [4.69, 9.17) is 5.73 Å². The third kappa shape index (κ3) is 5.88. The highest BCUT2D eigenvalue weighted by atomic mass is 15.5. The highest BCUT2D eigenvalue weighted by Crippen LogP contribution is 2.45. The molecule has 1 aliphatic carbocycles. The molecule has 176 valence electrons. The third-order valence-electron chi connectivity index (χ3n) is 8.42. The number of nitrogens with one attached hydrogen (secondary N) is 2. The Morgan fingerprint density at radius 1 is 1.23 bits per heavy atom. The fourth-order valence-electron chi connectivity index (χ4n) is 5.62. The van der Waals surface area contributed by atoms with Crippen molar-refractivity contribution < 1.29 is 0 Å². The second-order valence-electron chi connectivity index (χ2n) is 10.6. The largest absolute Gasteiger partial charge is 0.314 e. The van der Waals surface area contributed by atoms with Crippen LogP contribution in [0.1, 0.15) is 73.1 Å². The lowest BCUT2D eigenvalue weighted by Crippen LogP contribution is -2.67. The summed E-state index contributed by atoms with van der Waals surface area (Å²) in [5.74, 6) is 0.794. The topological polar surface area (TPSA) is 56.6 Å².